The summed E-state index contributed by atoms with van der Waals surface area (Å²) < 4.78 is 35.9. The van der Waals surface area contributed by atoms with Crippen molar-refractivity contribution in [3.05, 3.63) is 78.0 Å². The zero-order valence-electron chi connectivity index (χ0n) is 16.5. The van der Waals surface area contributed by atoms with E-state index < -0.39 is 11.6 Å². The Labute approximate surface area is 168 Å². The van der Waals surface area contributed by atoms with Crippen LogP contribution in [0.15, 0.2) is 55.1 Å². The summed E-state index contributed by atoms with van der Waals surface area (Å²) in [5.74, 6) is -1.03. The van der Waals surface area contributed by atoms with Crippen LogP contribution >= 0.6 is 0 Å². The minimum Gasteiger partial charge on any atom is -0.489 e. The smallest absolute Gasteiger partial charge is 0.268 e. The van der Waals surface area contributed by atoms with Crippen LogP contribution in [0.4, 0.5) is 8.78 Å². The van der Waals surface area contributed by atoms with Crippen LogP contribution in [0.3, 0.4) is 0 Å². The lowest BCUT2D eigenvalue weighted by Gasteiger charge is -2.15. The average molecular weight is 398 g/mol. The summed E-state index contributed by atoms with van der Waals surface area (Å²) in [6.07, 6.45) is 2.39. The monoisotopic (exact) mass is 398 g/mol. The molecular formula is C23H24F2N2O2. The Morgan fingerprint density at radius 2 is 1.93 bits per heavy atom. The van der Waals surface area contributed by atoms with Gasteiger partial charge in [-0.1, -0.05) is 31.7 Å². The van der Waals surface area contributed by atoms with Crippen LogP contribution in [0.5, 0.6) is 5.75 Å². The second-order valence-corrected chi connectivity index (χ2v) is 6.89. The van der Waals surface area contributed by atoms with Gasteiger partial charge >= 0.3 is 0 Å². The Hall–Kier alpha value is -3.15. The van der Waals surface area contributed by atoms with Gasteiger partial charge in [0.05, 0.1) is 12.1 Å². The number of amides is 1. The third kappa shape index (κ3) is 4.31. The Morgan fingerprint density at radius 1 is 1.24 bits per heavy atom. The molecule has 2 aromatic carbocycles. The molecule has 3 rings (SSSR count). The van der Waals surface area contributed by atoms with Gasteiger partial charge in [0, 0.05) is 17.0 Å². The maximum Gasteiger partial charge on any atom is 0.268 e. The average Bonchev–Trinajstić information content (AvgIpc) is 3.08. The van der Waals surface area contributed by atoms with Crippen molar-refractivity contribution in [1.29, 1.82) is 0 Å². The van der Waals surface area contributed by atoms with Crippen molar-refractivity contribution >= 4 is 16.8 Å². The van der Waals surface area contributed by atoms with Crippen LogP contribution in [-0.4, -0.2) is 23.1 Å². The van der Waals surface area contributed by atoms with Gasteiger partial charge in [-0.05, 0) is 43.7 Å². The van der Waals surface area contributed by atoms with Crippen LogP contribution < -0.4 is 10.1 Å². The number of fused-ring (bicyclic) bond motifs is 1. The highest BCUT2D eigenvalue weighted by atomic mass is 19.1. The number of benzene rings is 2. The van der Waals surface area contributed by atoms with Gasteiger partial charge in [0.15, 0.2) is 0 Å². The number of halogens is 2. The molecule has 0 saturated heterocycles. The predicted octanol–water partition coefficient (Wildman–Crippen LogP) is 5.06. The summed E-state index contributed by atoms with van der Waals surface area (Å²) in [5, 5.41) is 3.62. The van der Waals surface area contributed by atoms with Gasteiger partial charge in [-0.3, -0.25) is 4.79 Å². The SMILES string of the molecule is C=CCOc1cccc2c1cc(C(=O)NC(C)CC)n2Cc1c(F)cccc1F. The maximum atomic E-state index is 14.3. The minimum absolute atomic E-state index is 0.0318. The minimum atomic E-state index is -0.654. The van der Waals surface area contributed by atoms with Crippen molar-refractivity contribution in [3.63, 3.8) is 0 Å². The van der Waals surface area contributed by atoms with Gasteiger partial charge in [0.25, 0.3) is 5.91 Å². The summed E-state index contributed by atoms with van der Waals surface area (Å²) in [4.78, 5) is 12.9. The molecule has 1 heterocycles. The van der Waals surface area contributed by atoms with Crippen LogP contribution in [0, 0.1) is 11.6 Å². The van der Waals surface area contributed by atoms with E-state index in [1.165, 1.54) is 18.2 Å². The third-order valence-corrected chi connectivity index (χ3v) is 4.86. The fourth-order valence-electron chi connectivity index (χ4n) is 3.13. The Bertz CT molecular complexity index is 1020. The predicted molar refractivity (Wildman–Crippen MR) is 110 cm³/mol. The number of nitrogens with zero attached hydrogens (tertiary/aromatic N) is 1. The first kappa shape index (κ1) is 20.6. The van der Waals surface area contributed by atoms with Crippen molar-refractivity contribution in [1.82, 2.24) is 9.88 Å². The Morgan fingerprint density at radius 3 is 2.59 bits per heavy atom. The van der Waals surface area contributed by atoms with E-state index >= 15 is 0 Å². The molecule has 0 aliphatic rings. The molecule has 0 aliphatic carbocycles. The fourth-order valence-corrected chi connectivity index (χ4v) is 3.13. The van der Waals surface area contributed by atoms with Gasteiger partial charge in [0.1, 0.15) is 29.7 Å². The second-order valence-electron chi connectivity index (χ2n) is 6.89. The molecule has 1 N–H and O–H groups in total. The molecule has 1 unspecified atom stereocenters. The van der Waals surface area contributed by atoms with E-state index in [1.807, 2.05) is 13.8 Å². The molecule has 3 aromatic rings. The van der Waals surface area contributed by atoms with Crippen molar-refractivity contribution in [3.8, 4) is 5.75 Å². The number of carbonyl (C=O) groups is 1. The van der Waals surface area contributed by atoms with Gasteiger partial charge < -0.3 is 14.6 Å². The van der Waals surface area contributed by atoms with Crippen molar-refractivity contribution in [2.24, 2.45) is 0 Å². The van der Waals surface area contributed by atoms with E-state index in [4.69, 9.17) is 4.74 Å². The molecule has 6 heteroatoms. The summed E-state index contributed by atoms with van der Waals surface area (Å²) >= 11 is 0. The summed E-state index contributed by atoms with van der Waals surface area (Å²) in [6.45, 7) is 7.71. The van der Waals surface area contributed by atoms with E-state index in [2.05, 4.69) is 11.9 Å². The summed E-state index contributed by atoms with van der Waals surface area (Å²) in [5.41, 5.74) is 0.876. The zero-order chi connectivity index (χ0) is 21.0. The number of rotatable bonds is 8. The maximum absolute atomic E-state index is 14.3. The number of ether oxygens (including phenoxy) is 1. The number of aromatic nitrogens is 1. The Kier molecular flexibility index (Phi) is 6.32. The van der Waals surface area contributed by atoms with Gasteiger partial charge in [0.2, 0.25) is 0 Å². The highest BCUT2D eigenvalue weighted by molar-refractivity contribution is 6.00. The summed E-state index contributed by atoms with van der Waals surface area (Å²) in [7, 11) is 0. The first-order chi connectivity index (χ1) is 14.0. The van der Waals surface area contributed by atoms with Crippen LogP contribution in [0.1, 0.15) is 36.3 Å². The van der Waals surface area contributed by atoms with Crippen LogP contribution in [0.2, 0.25) is 0 Å². The fraction of sp³-hybridized carbons (Fsp3) is 0.261. The molecule has 1 aromatic heterocycles. The molecule has 0 fully saturated rings. The highest BCUT2D eigenvalue weighted by Gasteiger charge is 2.21. The molecule has 4 nitrogen and oxygen atoms in total. The number of carbonyl (C=O) groups excluding carboxylic acids is 1. The molecule has 0 saturated carbocycles. The lowest BCUT2D eigenvalue weighted by atomic mass is 10.2. The zero-order valence-corrected chi connectivity index (χ0v) is 16.5. The van der Waals surface area contributed by atoms with Crippen molar-refractivity contribution in [2.45, 2.75) is 32.9 Å². The standard InChI is InChI=1S/C23H24F2N2O2/c1-4-12-29-22-11-7-10-20-16(22)13-21(23(28)26-15(3)5-2)27(20)14-17-18(24)8-6-9-19(17)25/h4,6-11,13,15H,1,5,12,14H2,2-3H3,(H,26,28). The topological polar surface area (TPSA) is 43.3 Å². The molecule has 29 heavy (non-hydrogen) atoms. The molecule has 152 valence electrons. The lowest BCUT2D eigenvalue weighted by molar-refractivity contribution is 0.0930. The normalized spacial score (nSPS) is 12.0. The molecule has 0 radical (unpaired) electrons. The third-order valence-electron chi connectivity index (χ3n) is 4.86. The van der Waals surface area contributed by atoms with Crippen LogP contribution in [0.25, 0.3) is 10.9 Å². The quantitative estimate of drug-likeness (QED) is 0.539. The molecule has 1 amide bonds. The van der Waals surface area contributed by atoms with E-state index in [9.17, 15) is 13.6 Å². The highest BCUT2D eigenvalue weighted by Crippen LogP contribution is 2.30. The van der Waals surface area contributed by atoms with Gasteiger partial charge in [-0.25, -0.2) is 8.78 Å². The van der Waals surface area contributed by atoms with Crippen molar-refractivity contribution < 1.29 is 18.3 Å². The lowest BCUT2D eigenvalue weighted by Crippen LogP contribution is -2.33. The molecule has 0 spiro atoms. The number of hydrogen-bond acceptors (Lipinski definition) is 2. The number of hydrogen-bond donors (Lipinski definition) is 1. The van der Waals surface area contributed by atoms with Gasteiger partial charge in [-0.2, -0.15) is 0 Å². The largest absolute Gasteiger partial charge is 0.489 e. The second kappa shape index (κ2) is 8.90. The molecule has 0 bridgehead atoms. The summed E-state index contributed by atoms with van der Waals surface area (Å²) in [6, 6.07) is 10.8. The molecular weight excluding hydrogens is 374 g/mol. The van der Waals surface area contributed by atoms with E-state index in [-0.39, 0.29) is 24.1 Å². The van der Waals surface area contributed by atoms with E-state index in [0.717, 1.165) is 6.42 Å². The van der Waals surface area contributed by atoms with E-state index in [1.54, 1.807) is 34.9 Å². The van der Waals surface area contributed by atoms with Crippen LogP contribution in [-0.2, 0) is 6.54 Å². The molecule has 1 atom stereocenters. The number of nitrogens with one attached hydrogen (secondary N) is 1. The van der Waals surface area contributed by atoms with Crippen molar-refractivity contribution in [2.75, 3.05) is 6.61 Å². The molecule has 0 aliphatic heterocycles. The first-order valence-corrected chi connectivity index (χ1v) is 9.56. The Balaban J connectivity index is 2.15. The first-order valence-electron chi connectivity index (χ1n) is 9.56. The van der Waals surface area contributed by atoms with E-state index in [0.29, 0.717) is 29.0 Å². The van der Waals surface area contributed by atoms with Gasteiger partial charge in [-0.15, -0.1) is 0 Å².